The average Bonchev–Trinajstić information content (AvgIpc) is 3.00. The van der Waals surface area contributed by atoms with E-state index in [1.54, 1.807) is 36.3 Å². The number of methoxy groups -OCH3 is 1. The van der Waals surface area contributed by atoms with Gasteiger partial charge in [-0.05, 0) is 42.8 Å². The molecule has 5 nitrogen and oxygen atoms in total. The third-order valence-electron chi connectivity index (χ3n) is 4.22. The summed E-state index contributed by atoms with van der Waals surface area (Å²) in [6.45, 7) is 1.58. The van der Waals surface area contributed by atoms with Crippen LogP contribution in [0.4, 0.5) is 5.95 Å². The second-order valence-corrected chi connectivity index (χ2v) is 5.59. The number of carbonyl (C=O) groups is 1. The number of carbonyl (C=O) groups excluding carboxylic acids is 1. The summed E-state index contributed by atoms with van der Waals surface area (Å²) in [5, 5.41) is 0. The molecule has 1 amide bonds. The van der Waals surface area contributed by atoms with Crippen molar-refractivity contribution in [2.45, 2.75) is 13.0 Å². The first kappa shape index (κ1) is 13.8. The molecule has 3 aromatic rings. The molecule has 0 radical (unpaired) electrons. The van der Waals surface area contributed by atoms with E-state index in [0.29, 0.717) is 12.1 Å². The van der Waals surface area contributed by atoms with E-state index in [-0.39, 0.29) is 5.91 Å². The molecule has 0 aliphatic carbocycles. The summed E-state index contributed by atoms with van der Waals surface area (Å²) in [5.41, 5.74) is 2.65. The minimum absolute atomic E-state index is 0.0242. The number of imidazole rings is 1. The number of ether oxygens (including phenoxy) is 1. The van der Waals surface area contributed by atoms with Gasteiger partial charge in [-0.15, -0.1) is 0 Å². The quantitative estimate of drug-likeness (QED) is 0.731. The van der Waals surface area contributed by atoms with Gasteiger partial charge in [0.1, 0.15) is 5.75 Å². The Bertz CT molecular complexity index is 868. The molecule has 0 spiro atoms. The molecule has 0 unspecified atom stereocenters. The number of aromatic nitrogens is 2. The third kappa shape index (κ3) is 2.25. The highest BCUT2D eigenvalue weighted by Crippen LogP contribution is 2.28. The molecule has 4 rings (SSSR count). The molecule has 1 aliphatic heterocycles. The van der Waals surface area contributed by atoms with Crippen molar-refractivity contribution in [2.24, 2.45) is 0 Å². The summed E-state index contributed by atoms with van der Waals surface area (Å²) in [6, 6.07) is 15.2. The van der Waals surface area contributed by atoms with E-state index in [1.165, 1.54) is 0 Å². The molecule has 0 fully saturated rings. The second-order valence-electron chi connectivity index (χ2n) is 5.59. The minimum Gasteiger partial charge on any atom is -0.497 e. The zero-order valence-electron chi connectivity index (χ0n) is 12.9. The van der Waals surface area contributed by atoms with Crippen LogP contribution in [0.15, 0.2) is 48.5 Å². The van der Waals surface area contributed by atoms with Gasteiger partial charge in [-0.2, -0.15) is 0 Å². The number of nitrogens with zero attached hydrogens (tertiary/aromatic N) is 3. The number of hydrogen-bond acceptors (Lipinski definition) is 3. The monoisotopic (exact) mass is 307 g/mol. The Morgan fingerprint density at radius 3 is 2.65 bits per heavy atom. The van der Waals surface area contributed by atoms with Crippen molar-refractivity contribution in [1.82, 2.24) is 9.55 Å². The van der Waals surface area contributed by atoms with Crippen LogP contribution in [0.1, 0.15) is 16.8 Å². The molecule has 0 N–H and O–H groups in total. The van der Waals surface area contributed by atoms with Gasteiger partial charge in [-0.3, -0.25) is 9.69 Å². The van der Waals surface area contributed by atoms with Crippen LogP contribution >= 0.6 is 0 Å². The Morgan fingerprint density at radius 2 is 1.87 bits per heavy atom. The summed E-state index contributed by atoms with van der Waals surface area (Å²) in [5.74, 6) is 1.45. The summed E-state index contributed by atoms with van der Waals surface area (Å²) in [6.07, 6.45) is 0.926. The van der Waals surface area contributed by atoms with Crippen molar-refractivity contribution < 1.29 is 9.53 Å². The maximum atomic E-state index is 12.9. The van der Waals surface area contributed by atoms with Crippen LogP contribution in [0.3, 0.4) is 0 Å². The number of rotatable bonds is 2. The maximum Gasteiger partial charge on any atom is 0.260 e. The van der Waals surface area contributed by atoms with Crippen LogP contribution in [-0.2, 0) is 6.54 Å². The number of aryl methyl sites for hydroxylation is 1. The highest BCUT2D eigenvalue weighted by molar-refractivity contribution is 6.06. The van der Waals surface area contributed by atoms with Gasteiger partial charge in [0.15, 0.2) is 0 Å². The Balaban J connectivity index is 1.74. The van der Waals surface area contributed by atoms with E-state index >= 15 is 0 Å². The number of hydrogen-bond donors (Lipinski definition) is 0. The first-order valence-corrected chi connectivity index (χ1v) is 7.69. The van der Waals surface area contributed by atoms with E-state index in [0.717, 1.165) is 35.7 Å². The van der Waals surface area contributed by atoms with E-state index < -0.39 is 0 Å². The lowest BCUT2D eigenvalue weighted by molar-refractivity contribution is 0.0981. The van der Waals surface area contributed by atoms with E-state index in [9.17, 15) is 4.79 Å². The zero-order chi connectivity index (χ0) is 15.8. The number of para-hydroxylation sites is 2. The fourth-order valence-corrected chi connectivity index (χ4v) is 3.06. The van der Waals surface area contributed by atoms with Crippen LogP contribution in [-0.4, -0.2) is 29.1 Å². The summed E-state index contributed by atoms with van der Waals surface area (Å²) < 4.78 is 7.27. The Kier molecular flexibility index (Phi) is 3.26. The standard InChI is InChI=1S/C18H17N3O2/c1-23-14-9-7-13(8-10-14)17(22)21-12-4-11-20-16-6-3-2-5-15(16)19-18(20)21/h2-3,5-10H,4,11-12H2,1H3. The first-order chi connectivity index (χ1) is 11.3. The molecular weight excluding hydrogens is 290 g/mol. The number of amides is 1. The van der Waals surface area contributed by atoms with Crippen molar-refractivity contribution >= 4 is 22.9 Å². The molecule has 0 saturated carbocycles. The second kappa shape index (κ2) is 5.43. The molecule has 23 heavy (non-hydrogen) atoms. The van der Waals surface area contributed by atoms with Crippen molar-refractivity contribution in [3.8, 4) is 5.75 Å². The molecule has 116 valence electrons. The fraction of sp³-hybridized carbons (Fsp3) is 0.222. The lowest BCUT2D eigenvalue weighted by Crippen LogP contribution is -2.37. The zero-order valence-corrected chi connectivity index (χ0v) is 12.9. The van der Waals surface area contributed by atoms with E-state index in [4.69, 9.17) is 4.74 Å². The Morgan fingerprint density at radius 1 is 1.09 bits per heavy atom. The first-order valence-electron chi connectivity index (χ1n) is 7.69. The maximum absolute atomic E-state index is 12.9. The van der Waals surface area contributed by atoms with Crippen molar-refractivity contribution in [3.63, 3.8) is 0 Å². The normalized spacial score (nSPS) is 13.9. The van der Waals surface area contributed by atoms with Crippen LogP contribution in [0, 0.1) is 0 Å². The van der Waals surface area contributed by atoms with Crippen molar-refractivity contribution in [3.05, 3.63) is 54.1 Å². The van der Waals surface area contributed by atoms with Crippen LogP contribution < -0.4 is 9.64 Å². The SMILES string of the molecule is COc1ccc(C(=O)N2CCCn3c2nc2ccccc23)cc1. The predicted molar refractivity (Wildman–Crippen MR) is 89.0 cm³/mol. The van der Waals surface area contributed by atoms with Crippen LogP contribution in [0.25, 0.3) is 11.0 Å². The van der Waals surface area contributed by atoms with Gasteiger partial charge in [-0.1, -0.05) is 12.1 Å². The number of anilines is 1. The van der Waals surface area contributed by atoms with Gasteiger partial charge in [0.25, 0.3) is 5.91 Å². The van der Waals surface area contributed by atoms with Gasteiger partial charge in [-0.25, -0.2) is 4.98 Å². The van der Waals surface area contributed by atoms with Gasteiger partial charge in [0, 0.05) is 18.7 Å². The average molecular weight is 307 g/mol. The molecule has 5 heteroatoms. The summed E-state index contributed by atoms with van der Waals surface area (Å²) in [7, 11) is 1.61. The molecule has 0 bridgehead atoms. The van der Waals surface area contributed by atoms with Gasteiger partial charge >= 0.3 is 0 Å². The topological polar surface area (TPSA) is 47.4 Å². The molecule has 1 aliphatic rings. The molecule has 2 aromatic carbocycles. The van der Waals surface area contributed by atoms with Gasteiger partial charge < -0.3 is 9.30 Å². The summed E-state index contributed by atoms with van der Waals surface area (Å²) in [4.78, 5) is 19.3. The summed E-state index contributed by atoms with van der Waals surface area (Å²) >= 11 is 0. The molecule has 2 heterocycles. The molecule has 0 saturated heterocycles. The predicted octanol–water partition coefficient (Wildman–Crippen LogP) is 3.10. The lowest BCUT2D eigenvalue weighted by atomic mass is 10.2. The van der Waals surface area contributed by atoms with Crippen LogP contribution in [0.5, 0.6) is 5.75 Å². The number of fused-ring (bicyclic) bond motifs is 3. The molecule has 1 aromatic heterocycles. The highest BCUT2D eigenvalue weighted by Gasteiger charge is 2.26. The lowest BCUT2D eigenvalue weighted by Gasteiger charge is -2.27. The Hall–Kier alpha value is -2.82. The third-order valence-corrected chi connectivity index (χ3v) is 4.22. The van der Waals surface area contributed by atoms with Gasteiger partial charge in [0.2, 0.25) is 5.95 Å². The minimum atomic E-state index is -0.0242. The molecular formula is C18H17N3O2. The van der Waals surface area contributed by atoms with Crippen molar-refractivity contribution in [2.75, 3.05) is 18.6 Å². The Labute approximate surface area is 134 Å². The molecule has 0 atom stereocenters. The van der Waals surface area contributed by atoms with E-state index in [2.05, 4.69) is 9.55 Å². The van der Waals surface area contributed by atoms with E-state index in [1.807, 2.05) is 24.3 Å². The smallest absolute Gasteiger partial charge is 0.260 e. The van der Waals surface area contributed by atoms with Crippen LogP contribution in [0.2, 0.25) is 0 Å². The highest BCUT2D eigenvalue weighted by atomic mass is 16.5. The van der Waals surface area contributed by atoms with Gasteiger partial charge in [0.05, 0.1) is 18.1 Å². The number of benzene rings is 2. The van der Waals surface area contributed by atoms with Crippen molar-refractivity contribution in [1.29, 1.82) is 0 Å². The largest absolute Gasteiger partial charge is 0.497 e. The fourth-order valence-electron chi connectivity index (χ4n) is 3.06.